The van der Waals surface area contributed by atoms with E-state index in [2.05, 4.69) is 3.87 Å². The summed E-state index contributed by atoms with van der Waals surface area (Å²) < 4.78 is 77.3. The maximum absolute atomic E-state index is 12.1. The SMILES string of the molecule is C.CC(=O)CC(=O)[C@H](CC(=O)OC(C)(C)C)C(C)C.CC(=O)CC(=O)[O-].CC(C)(C)[Si](C)(C)OS(=O)(=O)C(F)(F)F.CC(C)[C@@H](CC(=O)OC(C)(C)C)C(=O)O.C[C@H](O)[C@@H](CC(=O)OC(C)(C)C)C(=O)O.[K+]. The molecule has 0 radical (unpaired) electrons. The fraction of sp³-hybridized carbons (Fsp3) is 0.809. The van der Waals surface area contributed by atoms with Crippen LogP contribution in [0.3, 0.4) is 0 Å². The molecule has 0 unspecified atom stereocenters. The van der Waals surface area contributed by atoms with Gasteiger partial charge < -0.3 is 43.3 Å². The van der Waals surface area contributed by atoms with Crippen LogP contribution in [-0.4, -0.2) is 114 Å². The van der Waals surface area contributed by atoms with Crippen molar-refractivity contribution in [3.63, 3.8) is 0 Å². The summed E-state index contributed by atoms with van der Waals surface area (Å²) in [7, 11) is -8.43. The van der Waals surface area contributed by atoms with E-state index in [-0.39, 0.29) is 114 Å². The summed E-state index contributed by atoms with van der Waals surface area (Å²) in [6.45, 7) is 34.8. The summed E-state index contributed by atoms with van der Waals surface area (Å²) in [5.74, 6) is -7.92. The van der Waals surface area contributed by atoms with E-state index in [4.69, 9.17) is 29.5 Å². The maximum atomic E-state index is 12.1. The van der Waals surface area contributed by atoms with Crippen LogP contribution in [0.1, 0.15) is 171 Å². The van der Waals surface area contributed by atoms with E-state index < -0.39 is 112 Å². The van der Waals surface area contributed by atoms with E-state index in [1.165, 1.54) is 33.9 Å². The molecule has 0 aliphatic rings. The Hall–Kier alpha value is -2.66. The van der Waals surface area contributed by atoms with Crippen molar-refractivity contribution in [1.29, 1.82) is 0 Å². The molecule has 0 fully saturated rings. The molecule has 0 aliphatic heterocycles. The molecule has 0 saturated heterocycles. The first-order valence-corrected chi connectivity index (χ1v) is 26.5. The molecule has 0 bridgehead atoms. The van der Waals surface area contributed by atoms with Gasteiger partial charge >= 0.3 is 96.9 Å². The first-order chi connectivity index (χ1) is 30.6. The summed E-state index contributed by atoms with van der Waals surface area (Å²) in [5, 5.41) is 35.6. The Balaban J connectivity index is -0.000000149. The molecule has 0 aromatic carbocycles. The van der Waals surface area contributed by atoms with Gasteiger partial charge in [0.15, 0.2) is 0 Å². The Bertz CT molecular complexity index is 1770. The number of ether oxygens (including phenoxy) is 3. The largest absolute Gasteiger partial charge is 1.00 e. The van der Waals surface area contributed by atoms with E-state index in [1.807, 2.05) is 13.8 Å². The molecule has 3 N–H and O–H groups in total. The van der Waals surface area contributed by atoms with Crippen LogP contribution >= 0.6 is 0 Å². The molecule has 19 nitrogen and oxygen atoms in total. The minimum absolute atomic E-state index is 0. The van der Waals surface area contributed by atoms with Gasteiger partial charge in [0.05, 0.1) is 43.6 Å². The van der Waals surface area contributed by atoms with Crippen LogP contribution in [0, 0.1) is 29.6 Å². The van der Waals surface area contributed by atoms with Crippen molar-refractivity contribution in [3.8, 4) is 0 Å². The Morgan fingerprint density at radius 1 is 0.569 bits per heavy atom. The van der Waals surface area contributed by atoms with Crippen molar-refractivity contribution in [2.75, 3.05) is 0 Å². The molecule has 0 rings (SSSR count). The van der Waals surface area contributed by atoms with Gasteiger partial charge in [-0.25, -0.2) is 0 Å². The van der Waals surface area contributed by atoms with Crippen LogP contribution in [0.2, 0.25) is 18.1 Å². The fourth-order valence-corrected chi connectivity index (χ4v) is 8.08. The predicted molar refractivity (Wildman–Crippen MR) is 259 cm³/mol. The van der Waals surface area contributed by atoms with Crippen LogP contribution in [0.15, 0.2) is 0 Å². The quantitative estimate of drug-likeness (QED) is 0.0554. The van der Waals surface area contributed by atoms with Crippen molar-refractivity contribution < 1.29 is 155 Å². The number of carbonyl (C=O) groups excluding carboxylic acids is 7. The third-order valence-electron chi connectivity index (χ3n) is 8.88. The van der Waals surface area contributed by atoms with Crippen molar-refractivity contribution in [3.05, 3.63) is 0 Å². The molecule has 0 heterocycles. The minimum Gasteiger partial charge on any atom is -0.550 e. The average Bonchev–Trinajstić information content (AvgIpc) is 3.04. The molecule has 25 heteroatoms. The zero-order valence-corrected chi connectivity index (χ0v) is 50.9. The third kappa shape index (κ3) is 45.9. The normalized spacial score (nSPS) is 13.4. The summed E-state index contributed by atoms with van der Waals surface area (Å²) in [5.41, 5.74) is -7.10. The summed E-state index contributed by atoms with van der Waals surface area (Å²) in [6.07, 6.45) is -1.99. The molecule has 0 spiro atoms. The van der Waals surface area contributed by atoms with Gasteiger partial charge in [-0.1, -0.05) is 55.9 Å². The van der Waals surface area contributed by atoms with Gasteiger partial charge in [0.25, 0.3) is 0 Å². The molecule has 0 saturated carbocycles. The Morgan fingerprint density at radius 2 is 0.847 bits per heavy atom. The number of hydrogen-bond donors (Lipinski definition) is 3. The summed E-state index contributed by atoms with van der Waals surface area (Å²) in [4.78, 5) is 98.0. The molecule has 0 amide bonds. The van der Waals surface area contributed by atoms with E-state index in [0.717, 1.165) is 0 Å². The number of aliphatic carboxylic acids is 3. The van der Waals surface area contributed by atoms with Gasteiger partial charge in [0, 0.05) is 18.3 Å². The van der Waals surface area contributed by atoms with Crippen LogP contribution < -0.4 is 56.5 Å². The number of carboxylic acids is 3. The monoisotopic (exact) mass is 1110 g/mol. The number of carboxylic acid groups (broad SMARTS) is 3. The van der Waals surface area contributed by atoms with E-state index >= 15 is 0 Å². The number of esters is 3. The first-order valence-electron chi connectivity index (χ1n) is 22.1. The van der Waals surface area contributed by atoms with Gasteiger partial charge in [-0.15, -0.1) is 0 Å². The van der Waals surface area contributed by atoms with E-state index in [9.17, 15) is 69.8 Å². The molecular weight excluding hydrogens is 1020 g/mol. The van der Waals surface area contributed by atoms with Crippen LogP contribution in [0.4, 0.5) is 13.2 Å². The molecule has 72 heavy (non-hydrogen) atoms. The topological polar surface area (TPSA) is 308 Å². The first kappa shape index (κ1) is 83.3. The van der Waals surface area contributed by atoms with Crippen LogP contribution in [0.5, 0.6) is 0 Å². The van der Waals surface area contributed by atoms with Crippen molar-refractivity contribution in [2.24, 2.45) is 29.6 Å². The summed E-state index contributed by atoms with van der Waals surface area (Å²) in [6, 6.07) is 0. The van der Waals surface area contributed by atoms with Crippen molar-refractivity contribution >= 4 is 71.6 Å². The van der Waals surface area contributed by atoms with Gasteiger partial charge in [-0.2, -0.15) is 21.6 Å². The molecule has 0 aromatic heterocycles. The molecule has 0 aromatic rings. The zero-order valence-electron chi connectivity index (χ0n) is 45.9. The standard InChI is InChI=1S/C14H24O4.C11H20O4.C10H18O5.C7H15F3O3SSi.C4H6O3.CH4.K/c1-9(2)11(12(16)7-10(3)15)8-13(17)18-14(4,5)6;1-7(2)8(10(13)14)6-9(12)15-11(3,4)5;1-6(11)7(9(13)14)5-8(12)15-10(2,3)4;1-6(2,3)15(4,5)13-14(11,12)7(8,9)10;1-3(5)2-4(6)7;;/h9,11H,7-8H2,1-6H3;7-8H,6H2,1-5H3,(H,13,14);6-7,11H,5H2,1-4H3,(H,13,14);1-5H3;2H2,1H3,(H,6,7);1H4;/q;;;;;;+1/p-1/t11-;8-;6-,7+;;;;/m110..../s1. The maximum Gasteiger partial charge on any atom is 1.00 e. The van der Waals surface area contributed by atoms with Gasteiger partial charge in [-0.3, -0.25) is 38.4 Å². The number of aliphatic hydroxyl groups excluding tert-OH is 1. The number of Topliss-reactive ketones (excluding diaryl/α,β-unsaturated/α-hetero) is 3. The van der Waals surface area contributed by atoms with Gasteiger partial charge in [-0.05, 0) is 113 Å². The second kappa shape index (κ2) is 35.6. The Labute approximate surface area is 469 Å². The zero-order chi connectivity index (χ0) is 57.5. The van der Waals surface area contributed by atoms with Gasteiger partial charge in [0.1, 0.15) is 34.2 Å². The number of rotatable bonds is 18. The second-order valence-electron chi connectivity index (χ2n) is 21.4. The van der Waals surface area contributed by atoms with Crippen LogP contribution in [-0.2, 0) is 71.4 Å². The molecule has 0 aliphatic carbocycles. The fourth-order valence-electron chi connectivity index (χ4n) is 4.51. The van der Waals surface area contributed by atoms with E-state index in [1.54, 1.807) is 96.9 Å². The average molecular weight is 1110 g/mol. The number of alkyl halides is 3. The van der Waals surface area contributed by atoms with Crippen LogP contribution in [0.25, 0.3) is 0 Å². The van der Waals surface area contributed by atoms with Gasteiger partial charge in [0.2, 0.25) is 8.32 Å². The van der Waals surface area contributed by atoms with Crippen molar-refractivity contribution in [1.82, 2.24) is 0 Å². The van der Waals surface area contributed by atoms with Crippen molar-refractivity contribution in [2.45, 2.75) is 218 Å². The number of halogens is 3. The Kier molecular flexibility index (Phi) is 41.2. The smallest absolute Gasteiger partial charge is 0.550 e. The number of hydrogen-bond acceptors (Lipinski definition) is 17. The second-order valence-corrected chi connectivity index (χ2v) is 28.0. The molecule has 420 valence electrons. The molecular formula is C47H86F3KO19SSi. The predicted octanol–water partition coefficient (Wildman–Crippen LogP) is 4.63. The van der Waals surface area contributed by atoms with E-state index in [0.29, 0.717) is 0 Å². The summed E-state index contributed by atoms with van der Waals surface area (Å²) >= 11 is 0. The number of carbonyl (C=O) groups is 9. The number of ketones is 3. The molecule has 4 atom stereocenters. The number of aliphatic hydroxyl groups is 1. The minimum atomic E-state index is -5.48. The third-order valence-corrected chi connectivity index (χ3v) is 15.6. The Morgan fingerprint density at radius 3 is 1.03 bits per heavy atom.